The molecule has 1 saturated heterocycles. The molecule has 1 aliphatic rings. The SMILES string of the molecule is CCC(CC)C(C)NC(=O)N1CCC(CC)(C(=O)O)CC1. The molecule has 0 radical (unpaired) electrons. The first-order valence-corrected chi connectivity index (χ1v) is 8.19. The minimum atomic E-state index is -0.726. The molecular formula is C16H30N2O3. The van der Waals surface area contributed by atoms with Crippen molar-refractivity contribution in [1.29, 1.82) is 0 Å². The van der Waals surface area contributed by atoms with E-state index in [0.717, 1.165) is 12.8 Å². The second-order valence-corrected chi connectivity index (χ2v) is 6.24. The molecule has 0 bridgehead atoms. The Balaban J connectivity index is 2.54. The minimum Gasteiger partial charge on any atom is -0.481 e. The molecule has 0 aliphatic carbocycles. The molecule has 0 aromatic rings. The summed E-state index contributed by atoms with van der Waals surface area (Å²) in [7, 11) is 0. The average molecular weight is 298 g/mol. The molecule has 1 rings (SSSR count). The number of aliphatic carboxylic acids is 1. The van der Waals surface area contributed by atoms with Crippen LogP contribution in [0.2, 0.25) is 0 Å². The van der Waals surface area contributed by atoms with Gasteiger partial charge in [-0.05, 0) is 32.1 Å². The van der Waals surface area contributed by atoms with Crippen LogP contribution in [0.3, 0.4) is 0 Å². The van der Waals surface area contributed by atoms with E-state index in [2.05, 4.69) is 19.2 Å². The van der Waals surface area contributed by atoms with Crippen LogP contribution in [0.15, 0.2) is 0 Å². The van der Waals surface area contributed by atoms with Crippen molar-refractivity contribution < 1.29 is 14.7 Å². The largest absolute Gasteiger partial charge is 0.481 e. The Labute approximate surface area is 128 Å². The maximum atomic E-state index is 12.3. The maximum Gasteiger partial charge on any atom is 0.317 e. The smallest absolute Gasteiger partial charge is 0.317 e. The van der Waals surface area contributed by atoms with Crippen molar-refractivity contribution >= 4 is 12.0 Å². The van der Waals surface area contributed by atoms with Gasteiger partial charge >= 0.3 is 12.0 Å². The summed E-state index contributed by atoms with van der Waals surface area (Å²) in [6, 6.07) is 0.106. The van der Waals surface area contributed by atoms with Crippen molar-refractivity contribution in [3.63, 3.8) is 0 Å². The van der Waals surface area contributed by atoms with Gasteiger partial charge in [0.05, 0.1) is 5.41 Å². The van der Waals surface area contributed by atoms with Crippen molar-refractivity contribution in [1.82, 2.24) is 10.2 Å². The zero-order valence-corrected chi connectivity index (χ0v) is 13.8. The number of hydrogen-bond acceptors (Lipinski definition) is 2. The molecule has 1 fully saturated rings. The molecule has 21 heavy (non-hydrogen) atoms. The lowest BCUT2D eigenvalue weighted by molar-refractivity contribution is -0.151. The van der Waals surface area contributed by atoms with Crippen molar-refractivity contribution in [3.05, 3.63) is 0 Å². The highest BCUT2D eigenvalue weighted by Gasteiger charge is 2.40. The van der Waals surface area contributed by atoms with E-state index < -0.39 is 11.4 Å². The van der Waals surface area contributed by atoms with Gasteiger partial charge in [0, 0.05) is 19.1 Å². The monoisotopic (exact) mass is 298 g/mol. The number of urea groups is 1. The number of carboxylic acids is 1. The van der Waals surface area contributed by atoms with Crippen LogP contribution in [0.1, 0.15) is 59.8 Å². The molecule has 0 saturated carbocycles. The zero-order valence-electron chi connectivity index (χ0n) is 13.8. The molecule has 2 N–H and O–H groups in total. The third-order valence-electron chi connectivity index (χ3n) is 5.25. The molecule has 1 atom stereocenters. The van der Waals surface area contributed by atoms with Gasteiger partial charge in [-0.1, -0.05) is 33.6 Å². The Kier molecular flexibility index (Phi) is 6.49. The summed E-state index contributed by atoms with van der Waals surface area (Å²) in [6.45, 7) is 9.30. The molecule has 1 heterocycles. The molecule has 122 valence electrons. The predicted molar refractivity (Wildman–Crippen MR) is 83.2 cm³/mol. The van der Waals surface area contributed by atoms with Crippen LogP contribution >= 0.6 is 0 Å². The lowest BCUT2D eigenvalue weighted by atomic mass is 9.76. The van der Waals surface area contributed by atoms with Crippen LogP contribution in [0.25, 0.3) is 0 Å². The van der Waals surface area contributed by atoms with Gasteiger partial charge in [-0.25, -0.2) is 4.79 Å². The highest BCUT2D eigenvalue weighted by atomic mass is 16.4. The molecule has 2 amide bonds. The first-order valence-electron chi connectivity index (χ1n) is 8.19. The number of nitrogens with zero attached hydrogens (tertiary/aromatic N) is 1. The number of piperidine rings is 1. The molecule has 5 nitrogen and oxygen atoms in total. The van der Waals surface area contributed by atoms with E-state index in [4.69, 9.17) is 0 Å². The predicted octanol–water partition coefficient (Wildman–Crippen LogP) is 3.10. The van der Waals surface area contributed by atoms with E-state index in [1.165, 1.54) is 0 Å². The van der Waals surface area contributed by atoms with Crippen LogP contribution < -0.4 is 5.32 Å². The van der Waals surface area contributed by atoms with Gasteiger partial charge in [0.15, 0.2) is 0 Å². The lowest BCUT2D eigenvalue weighted by Gasteiger charge is -2.39. The van der Waals surface area contributed by atoms with Gasteiger partial charge < -0.3 is 15.3 Å². The van der Waals surface area contributed by atoms with Gasteiger partial charge in [0.1, 0.15) is 0 Å². The number of carboxylic acid groups (broad SMARTS) is 1. The number of likely N-dealkylation sites (tertiary alicyclic amines) is 1. The summed E-state index contributed by atoms with van der Waals surface area (Å²) in [6.07, 6.45) is 3.82. The highest BCUT2D eigenvalue weighted by Crippen LogP contribution is 2.35. The first kappa shape index (κ1) is 17.8. The normalized spacial score (nSPS) is 19.4. The summed E-state index contributed by atoms with van der Waals surface area (Å²) < 4.78 is 0. The number of carbonyl (C=O) groups excluding carboxylic acids is 1. The van der Waals surface area contributed by atoms with Crippen LogP contribution in [0.5, 0.6) is 0 Å². The number of amides is 2. The molecule has 5 heteroatoms. The fraction of sp³-hybridized carbons (Fsp3) is 0.875. The van der Waals surface area contributed by atoms with Gasteiger partial charge in [-0.2, -0.15) is 0 Å². The van der Waals surface area contributed by atoms with Crippen LogP contribution in [-0.4, -0.2) is 41.1 Å². The number of carbonyl (C=O) groups is 2. The number of hydrogen-bond donors (Lipinski definition) is 2. The van der Waals surface area contributed by atoms with Crippen molar-refractivity contribution in [2.75, 3.05) is 13.1 Å². The molecule has 1 unspecified atom stereocenters. The van der Waals surface area contributed by atoms with Gasteiger partial charge in [0.25, 0.3) is 0 Å². The maximum absolute atomic E-state index is 12.3. The highest BCUT2D eigenvalue weighted by molar-refractivity contribution is 5.77. The Morgan fingerprint density at radius 3 is 2.10 bits per heavy atom. The molecule has 1 aliphatic heterocycles. The molecular weight excluding hydrogens is 268 g/mol. The molecule has 0 aromatic heterocycles. The molecule has 0 spiro atoms. The van der Waals surface area contributed by atoms with E-state index in [1.54, 1.807) is 4.90 Å². The van der Waals surface area contributed by atoms with Gasteiger partial charge in [-0.3, -0.25) is 4.79 Å². The van der Waals surface area contributed by atoms with Crippen LogP contribution in [0, 0.1) is 11.3 Å². The quantitative estimate of drug-likeness (QED) is 0.791. The summed E-state index contributed by atoms with van der Waals surface area (Å²) in [5.41, 5.74) is -0.641. The number of rotatable bonds is 6. The standard InChI is InChI=1S/C16H30N2O3/c1-5-13(6-2)12(4)17-15(21)18-10-8-16(7-3,9-11-18)14(19)20/h12-13H,5-11H2,1-4H3,(H,17,21)(H,19,20). The summed E-state index contributed by atoms with van der Waals surface area (Å²) in [5.74, 6) is -0.233. The lowest BCUT2D eigenvalue weighted by Crippen LogP contribution is -2.52. The Morgan fingerprint density at radius 2 is 1.71 bits per heavy atom. The third-order valence-corrected chi connectivity index (χ3v) is 5.25. The third kappa shape index (κ3) is 4.11. The number of nitrogens with one attached hydrogen (secondary N) is 1. The Bertz CT molecular complexity index is 359. The Morgan fingerprint density at radius 1 is 1.19 bits per heavy atom. The van der Waals surface area contributed by atoms with E-state index in [-0.39, 0.29) is 12.1 Å². The fourth-order valence-electron chi connectivity index (χ4n) is 3.26. The van der Waals surface area contributed by atoms with Crippen molar-refractivity contribution in [2.24, 2.45) is 11.3 Å². The van der Waals surface area contributed by atoms with E-state index >= 15 is 0 Å². The van der Waals surface area contributed by atoms with E-state index in [1.807, 2.05) is 13.8 Å². The van der Waals surface area contributed by atoms with Crippen LogP contribution in [-0.2, 0) is 4.79 Å². The zero-order chi connectivity index (χ0) is 16.0. The van der Waals surface area contributed by atoms with E-state index in [0.29, 0.717) is 38.3 Å². The van der Waals surface area contributed by atoms with E-state index in [9.17, 15) is 14.7 Å². The minimum absolute atomic E-state index is 0.0514. The van der Waals surface area contributed by atoms with Crippen molar-refractivity contribution in [3.8, 4) is 0 Å². The second kappa shape index (κ2) is 7.66. The summed E-state index contributed by atoms with van der Waals surface area (Å²) in [4.78, 5) is 25.5. The summed E-state index contributed by atoms with van der Waals surface area (Å²) >= 11 is 0. The molecule has 0 aromatic carbocycles. The second-order valence-electron chi connectivity index (χ2n) is 6.24. The topological polar surface area (TPSA) is 69.6 Å². The van der Waals surface area contributed by atoms with Crippen LogP contribution in [0.4, 0.5) is 4.79 Å². The first-order chi connectivity index (χ1) is 9.90. The van der Waals surface area contributed by atoms with Gasteiger partial charge in [-0.15, -0.1) is 0 Å². The Hall–Kier alpha value is -1.26. The van der Waals surface area contributed by atoms with Gasteiger partial charge in [0.2, 0.25) is 0 Å². The van der Waals surface area contributed by atoms with Crippen molar-refractivity contribution in [2.45, 2.75) is 65.8 Å². The average Bonchev–Trinajstić information content (AvgIpc) is 2.48. The summed E-state index contributed by atoms with van der Waals surface area (Å²) in [5, 5.41) is 12.4. The fourth-order valence-corrected chi connectivity index (χ4v) is 3.26.